The number of carbonyl (C=O) groups is 2. The highest BCUT2D eigenvalue weighted by atomic mass is 16.6. The van der Waals surface area contributed by atoms with Crippen molar-refractivity contribution in [2.45, 2.75) is 6.92 Å². The lowest BCUT2D eigenvalue weighted by Crippen LogP contribution is -2.16. The van der Waals surface area contributed by atoms with E-state index in [9.17, 15) is 19.7 Å². The van der Waals surface area contributed by atoms with Gasteiger partial charge in [0, 0.05) is 12.7 Å². The Hall–Kier alpha value is -2.48. The normalized spacial score (nSPS) is 10.1. The second-order valence-corrected chi connectivity index (χ2v) is 3.59. The summed E-state index contributed by atoms with van der Waals surface area (Å²) in [6, 6.07) is 3.35. The first-order valence-electron chi connectivity index (χ1n) is 5.74. The highest BCUT2D eigenvalue weighted by Gasteiger charge is 2.28. The summed E-state index contributed by atoms with van der Waals surface area (Å²) in [6.45, 7) is 2.21. The largest absolute Gasteiger partial charge is 0.478 e. The van der Waals surface area contributed by atoms with Gasteiger partial charge in [-0.2, -0.15) is 0 Å². The number of esters is 1. The maximum atomic E-state index is 11.8. The molecule has 8 heteroatoms. The third-order valence-corrected chi connectivity index (χ3v) is 2.34. The van der Waals surface area contributed by atoms with Crippen molar-refractivity contribution in [3.8, 4) is 0 Å². The molecule has 0 saturated carbocycles. The van der Waals surface area contributed by atoms with Crippen LogP contribution in [-0.2, 0) is 9.47 Å². The summed E-state index contributed by atoms with van der Waals surface area (Å²) < 4.78 is 9.73. The molecule has 0 fully saturated rings. The van der Waals surface area contributed by atoms with Crippen molar-refractivity contribution in [1.82, 2.24) is 0 Å². The van der Waals surface area contributed by atoms with E-state index >= 15 is 0 Å². The number of nitro benzene ring substituents is 1. The molecule has 0 bridgehead atoms. The summed E-state index contributed by atoms with van der Waals surface area (Å²) in [5.74, 6) is -2.50. The molecule has 0 heterocycles. The lowest BCUT2D eigenvalue weighted by atomic mass is 10.1. The lowest BCUT2D eigenvalue weighted by Gasteiger charge is -2.07. The van der Waals surface area contributed by atoms with Gasteiger partial charge in [0.05, 0.1) is 17.1 Å². The van der Waals surface area contributed by atoms with Gasteiger partial charge in [-0.1, -0.05) is 6.07 Å². The Morgan fingerprint density at radius 3 is 2.60 bits per heavy atom. The third-order valence-electron chi connectivity index (χ3n) is 2.34. The van der Waals surface area contributed by atoms with E-state index in [4.69, 9.17) is 14.6 Å². The highest BCUT2D eigenvalue weighted by Crippen LogP contribution is 2.23. The zero-order valence-corrected chi connectivity index (χ0v) is 10.7. The highest BCUT2D eigenvalue weighted by molar-refractivity contribution is 6.05. The van der Waals surface area contributed by atoms with Gasteiger partial charge >= 0.3 is 11.9 Å². The number of hydrogen-bond donors (Lipinski definition) is 1. The smallest absolute Gasteiger partial charge is 0.346 e. The first kappa shape index (κ1) is 15.6. The fourth-order valence-electron chi connectivity index (χ4n) is 1.49. The Morgan fingerprint density at radius 1 is 1.35 bits per heavy atom. The molecule has 0 aliphatic heterocycles. The molecular formula is C12H13NO7. The molecule has 1 rings (SSSR count). The van der Waals surface area contributed by atoms with Gasteiger partial charge < -0.3 is 14.6 Å². The Balaban J connectivity index is 3.03. The van der Waals surface area contributed by atoms with Gasteiger partial charge in [-0.3, -0.25) is 10.1 Å². The predicted octanol–water partition coefficient (Wildman–Crippen LogP) is 1.49. The van der Waals surface area contributed by atoms with E-state index < -0.39 is 33.7 Å². The number of carbonyl (C=O) groups excluding carboxylic acids is 1. The number of carboxylic acids is 1. The number of rotatable bonds is 7. The van der Waals surface area contributed by atoms with E-state index in [0.717, 1.165) is 12.1 Å². The molecule has 20 heavy (non-hydrogen) atoms. The summed E-state index contributed by atoms with van der Waals surface area (Å²) in [4.78, 5) is 32.9. The summed E-state index contributed by atoms with van der Waals surface area (Å²) in [5.41, 5.74) is -1.64. The molecule has 108 valence electrons. The van der Waals surface area contributed by atoms with Crippen LogP contribution in [0.3, 0.4) is 0 Å². The summed E-state index contributed by atoms with van der Waals surface area (Å²) in [6.07, 6.45) is 0. The number of nitrogens with zero attached hydrogens (tertiary/aromatic N) is 1. The van der Waals surface area contributed by atoms with Crippen molar-refractivity contribution < 1.29 is 29.1 Å². The summed E-state index contributed by atoms with van der Waals surface area (Å²) in [5, 5.41) is 19.8. The van der Waals surface area contributed by atoms with E-state index in [1.807, 2.05) is 0 Å². The van der Waals surface area contributed by atoms with Gasteiger partial charge in [-0.25, -0.2) is 9.59 Å². The quantitative estimate of drug-likeness (QED) is 0.348. The monoisotopic (exact) mass is 283 g/mol. The molecule has 0 saturated heterocycles. The second kappa shape index (κ2) is 7.19. The van der Waals surface area contributed by atoms with Crippen LogP contribution < -0.4 is 0 Å². The van der Waals surface area contributed by atoms with Crippen molar-refractivity contribution in [3.63, 3.8) is 0 Å². The molecule has 0 aliphatic carbocycles. The molecule has 0 amide bonds. The maximum absolute atomic E-state index is 11.8. The Bertz CT molecular complexity index is 494. The molecule has 0 unspecified atom stereocenters. The minimum Gasteiger partial charge on any atom is -0.478 e. The van der Waals surface area contributed by atoms with Gasteiger partial charge in [-0.15, -0.1) is 0 Å². The van der Waals surface area contributed by atoms with Crippen LogP contribution >= 0.6 is 0 Å². The molecular weight excluding hydrogens is 270 g/mol. The predicted molar refractivity (Wildman–Crippen MR) is 66.8 cm³/mol. The number of carboxylic acid groups (broad SMARTS) is 1. The molecule has 0 aromatic heterocycles. The van der Waals surface area contributed by atoms with Crippen LogP contribution in [0.25, 0.3) is 0 Å². The van der Waals surface area contributed by atoms with E-state index in [0.29, 0.717) is 6.61 Å². The van der Waals surface area contributed by atoms with Gasteiger partial charge in [0.15, 0.2) is 5.56 Å². The lowest BCUT2D eigenvalue weighted by molar-refractivity contribution is -0.385. The zero-order chi connectivity index (χ0) is 15.1. The van der Waals surface area contributed by atoms with Crippen LogP contribution in [0.1, 0.15) is 27.6 Å². The number of benzene rings is 1. The van der Waals surface area contributed by atoms with Gasteiger partial charge in [0.25, 0.3) is 5.69 Å². The van der Waals surface area contributed by atoms with Crippen molar-refractivity contribution in [2.24, 2.45) is 0 Å². The van der Waals surface area contributed by atoms with Crippen molar-refractivity contribution in [1.29, 1.82) is 0 Å². The molecule has 0 aliphatic rings. The molecule has 1 N–H and O–H groups in total. The minimum absolute atomic E-state index is 0.113. The van der Waals surface area contributed by atoms with Crippen molar-refractivity contribution >= 4 is 17.6 Å². The van der Waals surface area contributed by atoms with Gasteiger partial charge in [0.2, 0.25) is 0 Å². The van der Waals surface area contributed by atoms with Crippen molar-refractivity contribution in [2.75, 3.05) is 19.8 Å². The summed E-state index contributed by atoms with van der Waals surface area (Å²) >= 11 is 0. The average molecular weight is 283 g/mol. The molecule has 0 spiro atoms. The molecule has 0 radical (unpaired) electrons. The minimum atomic E-state index is -1.44. The second-order valence-electron chi connectivity index (χ2n) is 3.59. The molecule has 1 aromatic rings. The molecule has 0 atom stereocenters. The third kappa shape index (κ3) is 3.75. The number of nitro groups is 1. The van der Waals surface area contributed by atoms with Gasteiger partial charge in [-0.05, 0) is 13.0 Å². The number of aromatic carboxylic acids is 1. The van der Waals surface area contributed by atoms with Crippen LogP contribution in [0.15, 0.2) is 18.2 Å². The van der Waals surface area contributed by atoms with Crippen LogP contribution in [0.5, 0.6) is 0 Å². The fourth-order valence-corrected chi connectivity index (χ4v) is 1.49. The topological polar surface area (TPSA) is 116 Å². The SMILES string of the molecule is CCOCCOC(=O)c1c(C(=O)O)cccc1[N+](=O)[O-]. The standard InChI is InChI=1S/C12H13NO7/c1-2-19-6-7-20-12(16)10-8(11(14)15)4-3-5-9(10)13(17)18/h3-5H,2,6-7H2,1H3,(H,14,15). The van der Waals surface area contributed by atoms with Crippen molar-refractivity contribution in [3.05, 3.63) is 39.4 Å². The van der Waals surface area contributed by atoms with Crippen LogP contribution in [0.4, 0.5) is 5.69 Å². The molecule has 1 aromatic carbocycles. The van der Waals surface area contributed by atoms with Crippen LogP contribution in [-0.4, -0.2) is 41.8 Å². The Kier molecular flexibility index (Phi) is 5.60. The number of ether oxygens (including phenoxy) is 2. The first-order valence-corrected chi connectivity index (χ1v) is 5.74. The summed E-state index contributed by atoms with van der Waals surface area (Å²) in [7, 11) is 0. The van der Waals surface area contributed by atoms with E-state index in [-0.39, 0.29) is 13.2 Å². The first-order chi connectivity index (χ1) is 9.49. The van der Waals surface area contributed by atoms with Gasteiger partial charge in [0.1, 0.15) is 6.61 Å². The zero-order valence-electron chi connectivity index (χ0n) is 10.7. The van der Waals surface area contributed by atoms with E-state index in [1.165, 1.54) is 6.07 Å². The maximum Gasteiger partial charge on any atom is 0.346 e. The Labute approximate surface area is 114 Å². The van der Waals surface area contributed by atoms with Crippen LogP contribution in [0, 0.1) is 10.1 Å². The molecule has 8 nitrogen and oxygen atoms in total. The van der Waals surface area contributed by atoms with E-state index in [1.54, 1.807) is 6.92 Å². The Morgan fingerprint density at radius 2 is 2.05 bits per heavy atom. The number of hydrogen-bond acceptors (Lipinski definition) is 6. The van der Waals surface area contributed by atoms with E-state index in [2.05, 4.69) is 0 Å². The fraction of sp³-hybridized carbons (Fsp3) is 0.333. The van der Waals surface area contributed by atoms with Crippen LogP contribution in [0.2, 0.25) is 0 Å². The average Bonchev–Trinajstić information content (AvgIpc) is 2.42.